The highest BCUT2D eigenvalue weighted by molar-refractivity contribution is 5.77. The largest absolute Gasteiger partial charge is 0.455 e. The molecule has 0 aromatic heterocycles. The Morgan fingerprint density at radius 3 is 1.38 bits per heavy atom. The van der Waals surface area contributed by atoms with Crippen LogP contribution in [0.2, 0.25) is 0 Å². The Kier molecular flexibility index (Phi) is 18.0. The zero-order valence-electron chi connectivity index (χ0n) is 30.2. The van der Waals surface area contributed by atoms with Crippen molar-refractivity contribution in [2.75, 3.05) is 20.5 Å². The molecule has 0 heterocycles. The fourth-order valence-electron chi connectivity index (χ4n) is 7.59. The summed E-state index contributed by atoms with van der Waals surface area (Å²) in [4.78, 5) is 10.9. The van der Waals surface area contributed by atoms with Crippen LogP contribution in [0.3, 0.4) is 0 Å². The molecule has 11 atom stereocenters. The van der Waals surface area contributed by atoms with Gasteiger partial charge in [-0.1, -0.05) is 34.6 Å². The van der Waals surface area contributed by atoms with Crippen molar-refractivity contribution in [3.63, 3.8) is 0 Å². The van der Waals surface area contributed by atoms with Crippen molar-refractivity contribution < 1.29 is 71.7 Å². The molecule has 4 bridgehead atoms. The predicted molar refractivity (Wildman–Crippen MR) is 164 cm³/mol. The summed E-state index contributed by atoms with van der Waals surface area (Å²) in [5, 5.41) is 9.57. The molecular weight excluding hydrogens is 703 g/mol. The van der Waals surface area contributed by atoms with Crippen molar-refractivity contribution in [2.24, 2.45) is 58.7 Å². The molecule has 300 valence electrons. The molecule has 4 aliphatic carbocycles. The van der Waals surface area contributed by atoms with Crippen molar-refractivity contribution in [2.45, 2.75) is 130 Å². The normalized spacial score (nSPS) is 32.4. The Bertz CT molecular complexity index is 986. The van der Waals surface area contributed by atoms with Gasteiger partial charge < -0.3 is 9.84 Å². The van der Waals surface area contributed by atoms with Gasteiger partial charge in [0, 0.05) is 6.92 Å². The van der Waals surface area contributed by atoms with Gasteiger partial charge in [0.25, 0.3) is 5.92 Å². The number of carbonyl (C=O) groups excluding carboxylic acids is 1. The lowest BCUT2D eigenvalue weighted by Gasteiger charge is -2.36. The number of esters is 1. The Labute approximate surface area is 287 Å². The Balaban J connectivity index is 0.000000669. The van der Waals surface area contributed by atoms with Crippen molar-refractivity contribution in [3.05, 3.63) is 0 Å². The van der Waals surface area contributed by atoms with Crippen LogP contribution in [0.25, 0.3) is 0 Å². The van der Waals surface area contributed by atoms with Gasteiger partial charge >= 0.3 is 24.5 Å². The maximum absolute atomic E-state index is 12.7. The van der Waals surface area contributed by atoms with Crippen LogP contribution in [0.15, 0.2) is 0 Å². The van der Waals surface area contributed by atoms with Gasteiger partial charge in [-0.25, -0.2) is 13.2 Å². The highest BCUT2D eigenvalue weighted by atomic mass is 19.4. The van der Waals surface area contributed by atoms with Crippen LogP contribution in [0, 0.1) is 58.7 Å². The van der Waals surface area contributed by atoms with Crippen LogP contribution in [0.1, 0.15) is 100 Å². The molecule has 0 aromatic carbocycles. The van der Waals surface area contributed by atoms with Gasteiger partial charge in [-0.2, -0.15) is 39.5 Å². The summed E-state index contributed by atoms with van der Waals surface area (Å²) < 4.78 is 156. The van der Waals surface area contributed by atoms with Gasteiger partial charge in [-0.3, -0.25) is 9.18 Å². The molecule has 0 spiro atoms. The molecule has 4 saturated carbocycles. The fraction of sp³-hybridized carbons (Fsp3) is 0.971. The highest BCUT2D eigenvalue weighted by Crippen LogP contribution is 2.57. The van der Waals surface area contributed by atoms with Gasteiger partial charge in [-0.15, -0.1) is 0 Å². The summed E-state index contributed by atoms with van der Waals surface area (Å²) >= 11 is 0. The van der Waals surface area contributed by atoms with Gasteiger partial charge in [0.2, 0.25) is 0 Å². The van der Waals surface area contributed by atoms with Crippen LogP contribution < -0.4 is 0 Å². The van der Waals surface area contributed by atoms with E-state index in [1.807, 2.05) is 0 Å². The van der Waals surface area contributed by atoms with E-state index < -0.39 is 61.1 Å². The van der Waals surface area contributed by atoms with E-state index in [1.54, 1.807) is 6.42 Å². The van der Waals surface area contributed by atoms with E-state index in [1.165, 1.54) is 12.8 Å². The Morgan fingerprint density at radius 2 is 1.12 bits per heavy atom. The van der Waals surface area contributed by atoms with E-state index in [-0.39, 0.29) is 12.3 Å². The molecule has 11 unspecified atom stereocenters. The Morgan fingerprint density at radius 1 is 0.700 bits per heavy atom. The lowest BCUT2D eigenvalue weighted by Crippen LogP contribution is -2.45. The lowest BCUT2D eigenvalue weighted by molar-refractivity contribution is -0.260. The van der Waals surface area contributed by atoms with E-state index in [4.69, 9.17) is 0 Å². The first-order chi connectivity index (χ1) is 22.4. The summed E-state index contributed by atoms with van der Waals surface area (Å²) in [6, 6.07) is 0. The van der Waals surface area contributed by atoms with Gasteiger partial charge in [0.15, 0.2) is 24.3 Å². The van der Waals surface area contributed by atoms with Gasteiger partial charge in [0.1, 0.15) is 0 Å². The second kappa shape index (κ2) is 18.5. The highest BCUT2D eigenvalue weighted by Gasteiger charge is 2.57. The zero-order chi connectivity index (χ0) is 39.8. The summed E-state index contributed by atoms with van der Waals surface area (Å²) in [5.74, 6) is 1.41. The topological polar surface area (TPSA) is 46.5 Å². The summed E-state index contributed by atoms with van der Waals surface area (Å²) in [6.45, 7) is 8.64. The SMILES string of the molecule is CC(F)(F)CF.CC1C2CC(CC(C)(O)C(F)(F)F)C(C2)C1C.CC1C2CCC(C2)C1C.CCC(C)(C(=O)OCC(F)(F)F)C(F)(F)F.CF. The van der Waals surface area contributed by atoms with Crippen molar-refractivity contribution in [1.29, 1.82) is 0 Å². The number of hydrogen-bond acceptors (Lipinski definition) is 3. The minimum Gasteiger partial charge on any atom is -0.455 e. The first-order valence-corrected chi connectivity index (χ1v) is 16.8. The van der Waals surface area contributed by atoms with E-state index in [0.717, 1.165) is 50.4 Å². The second-order valence-electron chi connectivity index (χ2n) is 15.0. The zero-order valence-corrected chi connectivity index (χ0v) is 30.2. The standard InChI is InChI=1S/C13H21F3O.C9H16.C8H10F6O2.C3H5F3.CH3F/c1-7-8(2)11-5-9(7)4-10(11)6-12(3,17)13(14,15)16;1-6-7(2)9-4-3-8(6)5-9;1-3-6(2,8(12,13)14)5(15)16-4-7(9,10)11;1-3(5,6)2-4;1-2/h7-11,17H,4-6H2,1-3H3;6-9H,3-5H2,1-2H3;3-4H2,1-2H3;2H2,1H3;1H3. The molecule has 1 N–H and O–H groups in total. The molecule has 0 radical (unpaired) electrons. The van der Waals surface area contributed by atoms with Crippen molar-refractivity contribution in [1.82, 2.24) is 0 Å². The first-order valence-electron chi connectivity index (χ1n) is 16.8. The molecule has 0 aliphatic heterocycles. The van der Waals surface area contributed by atoms with Crippen LogP contribution in [-0.2, 0) is 9.53 Å². The van der Waals surface area contributed by atoms with Gasteiger partial charge in [0.05, 0.1) is 7.18 Å². The smallest absolute Gasteiger partial charge is 0.422 e. The molecule has 0 saturated heterocycles. The molecule has 4 aliphatic rings. The molecule has 4 fully saturated rings. The third-order valence-corrected chi connectivity index (χ3v) is 11.5. The molecule has 3 nitrogen and oxygen atoms in total. The van der Waals surface area contributed by atoms with Crippen LogP contribution in [0.5, 0.6) is 0 Å². The maximum atomic E-state index is 12.7. The summed E-state index contributed by atoms with van der Waals surface area (Å²) in [7, 11) is 0.500. The summed E-state index contributed by atoms with van der Waals surface area (Å²) in [6.07, 6.45) is -8.55. The maximum Gasteiger partial charge on any atom is 0.422 e. The van der Waals surface area contributed by atoms with E-state index in [0.29, 0.717) is 44.7 Å². The third-order valence-electron chi connectivity index (χ3n) is 11.5. The van der Waals surface area contributed by atoms with Crippen molar-refractivity contribution in [3.8, 4) is 0 Å². The van der Waals surface area contributed by atoms with E-state index >= 15 is 0 Å². The van der Waals surface area contributed by atoms with E-state index in [2.05, 4.69) is 32.4 Å². The van der Waals surface area contributed by atoms with Crippen LogP contribution in [-0.4, -0.2) is 61.6 Å². The third kappa shape index (κ3) is 13.5. The van der Waals surface area contributed by atoms with E-state index in [9.17, 15) is 67.0 Å². The van der Waals surface area contributed by atoms with Gasteiger partial charge in [-0.05, 0) is 112 Å². The number of hydrogen-bond donors (Lipinski definition) is 1. The number of carbonyl (C=O) groups is 1. The first kappa shape index (κ1) is 48.5. The molecular formula is C34H55F13O3. The number of rotatable bonds is 6. The predicted octanol–water partition coefficient (Wildman–Crippen LogP) is 11.6. The number of ether oxygens (including phenoxy) is 1. The molecule has 50 heavy (non-hydrogen) atoms. The number of fused-ring (bicyclic) bond motifs is 4. The lowest BCUT2D eigenvalue weighted by atomic mass is 9.72. The minimum absolute atomic E-state index is 0.0443. The quantitative estimate of drug-likeness (QED) is 0.217. The van der Waals surface area contributed by atoms with Crippen molar-refractivity contribution >= 4 is 5.97 Å². The number of aliphatic hydroxyl groups is 1. The summed E-state index contributed by atoms with van der Waals surface area (Å²) in [5.41, 5.74) is -5.43. The monoisotopic (exact) mass is 758 g/mol. The van der Waals surface area contributed by atoms with Crippen LogP contribution in [0.4, 0.5) is 57.1 Å². The molecule has 0 amide bonds. The fourth-order valence-corrected chi connectivity index (χ4v) is 7.59. The minimum atomic E-state index is -4.94. The average Bonchev–Trinajstić information content (AvgIpc) is 3.76. The number of halogens is 13. The number of alkyl halides is 13. The molecule has 4 rings (SSSR count). The Hall–Kier alpha value is -1.48. The second-order valence-corrected chi connectivity index (χ2v) is 15.0. The average molecular weight is 759 g/mol. The molecule has 16 heteroatoms. The molecule has 0 aromatic rings. The van der Waals surface area contributed by atoms with Crippen LogP contribution >= 0.6 is 0 Å².